The maximum atomic E-state index is 12.5. The lowest BCUT2D eigenvalue weighted by Crippen LogP contribution is -2.29. The van der Waals surface area contributed by atoms with E-state index in [1.165, 1.54) is 4.90 Å². The van der Waals surface area contributed by atoms with Crippen molar-refractivity contribution in [3.05, 3.63) is 83.9 Å². The highest BCUT2D eigenvalue weighted by molar-refractivity contribution is 6.34. The number of hydrogen-bond donors (Lipinski definition) is 1. The average molecular weight is 344 g/mol. The molecule has 0 saturated heterocycles. The first-order valence-corrected chi connectivity index (χ1v) is 8.21. The second-order valence-electron chi connectivity index (χ2n) is 5.86. The minimum atomic E-state index is -0.304. The molecule has 0 aliphatic carbocycles. The summed E-state index contributed by atoms with van der Waals surface area (Å²) in [4.78, 5) is 26.2. The molecule has 3 aromatic carbocycles. The van der Waals surface area contributed by atoms with Crippen LogP contribution in [0.2, 0.25) is 0 Å². The molecule has 0 aromatic heterocycles. The quantitative estimate of drug-likeness (QED) is 0.716. The highest BCUT2D eigenvalue weighted by atomic mass is 16.5. The number of nitrogens with one attached hydrogen (secondary N) is 1. The summed E-state index contributed by atoms with van der Waals surface area (Å²) in [6, 6.07) is 21.3. The summed E-state index contributed by atoms with van der Waals surface area (Å²) in [6.45, 7) is 0. The normalized spacial score (nSPS) is 12.9. The summed E-state index contributed by atoms with van der Waals surface area (Å²) < 4.78 is 5.79. The third-order valence-corrected chi connectivity index (χ3v) is 4.27. The van der Waals surface area contributed by atoms with Gasteiger partial charge in [-0.05, 0) is 60.7 Å². The third-order valence-electron chi connectivity index (χ3n) is 4.27. The van der Waals surface area contributed by atoms with Gasteiger partial charge in [0.25, 0.3) is 11.8 Å². The molecule has 5 heteroatoms. The van der Waals surface area contributed by atoms with Crippen LogP contribution < -0.4 is 15.0 Å². The van der Waals surface area contributed by atoms with Gasteiger partial charge in [-0.3, -0.25) is 9.59 Å². The fraction of sp³-hybridized carbons (Fsp3) is 0.0476. The molecule has 0 radical (unpaired) electrons. The van der Waals surface area contributed by atoms with E-state index in [9.17, 15) is 9.59 Å². The number of fused-ring (bicyclic) bond motifs is 1. The third kappa shape index (κ3) is 2.69. The van der Waals surface area contributed by atoms with Crippen molar-refractivity contribution in [2.75, 3.05) is 17.3 Å². The number of carbonyl (C=O) groups is 2. The molecule has 4 rings (SSSR count). The second-order valence-corrected chi connectivity index (χ2v) is 5.86. The lowest BCUT2D eigenvalue weighted by molar-refractivity contribution is 0.0926. The molecule has 0 spiro atoms. The van der Waals surface area contributed by atoms with E-state index in [0.717, 1.165) is 5.69 Å². The molecule has 1 N–H and O–H groups in total. The van der Waals surface area contributed by atoms with Crippen LogP contribution in [-0.4, -0.2) is 18.9 Å². The number of carbonyl (C=O) groups excluding carboxylic acids is 2. The van der Waals surface area contributed by atoms with E-state index < -0.39 is 0 Å². The van der Waals surface area contributed by atoms with Crippen molar-refractivity contribution < 1.29 is 14.3 Å². The number of imide groups is 1. The molecular formula is C21H16N2O3. The Morgan fingerprint density at radius 3 is 1.73 bits per heavy atom. The molecule has 0 unspecified atom stereocenters. The van der Waals surface area contributed by atoms with Crippen LogP contribution in [0.3, 0.4) is 0 Å². The van der Waals surface area contributed by atoms with Gasteiger partial charge < -0.3 is 10.1 Å². The Bertz CT molecular complexity index is 944. The van der Waals surface area contributed by atoms with Gasteiger partial charge in [0.2, 0.25) is 0 Å². The standard InChI is InChI=1S/C21H16N2O3/c1-22-14-6-10-16(11-7-14)26-17-12-8-15(9-13-17)23-20(24)18-4-2-3-5-19(18)21(23)25/h2-13,22H,1H3. The lowest BCUT2D eigenvalue weighted by Gasteiger charge is -2.14. The Morgan fingerprint density at radius 1 is 0.731 bits per heavy atom. The molecule has 1 aliphatic heterocycles. The summed E-state index contributed by atoms with van der Waals surface area (Å²) >= 11 is 0. The van der Waals surface area contributed by atoms with E-state index >= 15 is 0 Å². The SMILES string of the molecule is CNc1ccc(Oc2ccc(N3C(=O)c4ccccc4C3=O)cc2)cc1. The summed E-state index contributed by atoms with van der Waals surface area (Å²) in [5.74, 6) is 0.726. The van der Waals surface area contributed by atoms with E-state index in [0.29, 0.717) is 28.3 Å². The smallest absolute Gasteiger partial charge is 0.266 e. The highest BCUT2D eigenvalue weighted by Crippen LogP contribution is 2.30. The van der Waals surface area contributed by atoms with Gasteiger partial charge >= 0.3 is 0 Å². The molecule has 1 heterocycles. The predicted molar refractivity (Wildman–Crippen MR) is 100 cm³/mol. The maximum Gasteiger partial charge on any atom is 0.266 e. The minimum Gasteiger partial charge on any atom is -0.457 e. The van der Waals surface area contributed by atoms with Crippen molar-refractivity contribution >= 4 is 23.2 Å². The van der Waals surface area contributed by atoms with Gasteiger partial charge in [0.15, 0.2) is 0 Å². The lowest BCUT2D eigenvalue weighted by atomic mass is 10.1. The van der Waals surface area contributed by atoms with E-state index in [1.54, 1.807) is 48.5 Å². The van der Waals surface area contributed by atoms with Gasteiger partial charge in [-0.25, -0.2) is 4.90 Å². The van der Waals surface area contributed by atoms with Crippen LogP contribution in [0.1, 0.15) is 20.7 Å². The van der Waals surface area contributed by atoms with Crippen LogP contribution >= 0.6 is 0 Å². The summed E-state index contributed by atoms with van der Waals surface area (Å²) in [5, 5.41) is 3.05. The minimum absolute atomic E-state index is 0.304. The van der Waals surface area contributed by atoms with Gasteiger partial charge in [-0.15, -0.1) is 0 Å². The molecule has 0 fully saturated rings. The number of ether oxygens (including phenoxy) is 1. The largest absolute Gasteiger partial charge is 0.457 e. The molecule has 3 aromatic rings. The molecular weight excluding hydrogens is 328 g/mol. The second kappa shape index (κ2) is 6.37. The van der Waals surface area contributed by atoms with Crippen molar-refractivity contribution in [1.82, 2.24) is 0 Å². The zero-order valence-electron chi connectivity index (χ0n) is 14.1. The molecule has 1 aliphatic rings. The Morgan fingerprint density at radius 2 is 1.23 bits per heavy atom. The number of rotatable bonds is 4. The van der Waals surface area contributed by atoms with Gasteiger partial charge in [-0.2, -0.15) is 0 Å². The van der Waals surface area contributed by atoms with E-state index in [1.807, 2.05) is 31.3 Å². The first-order valence-electron chi connectivity index (χ1n) is 8.21. The zero-order valence-corrected chi connectivity index (χ0v) is 14.1. The van der Waals surface area contributed by atoms with Crippen molar-refractivity contribution in [3.8, 4) is 11.5 Å². The van der Waals surface area contributed by atoms with E-state index in [4.69, 9.17) is 4.74 Å². The Hall–Kier alpha value is -3.60. The van der Waals surface area contributed by atoms with Gasteiger partial charge in [0, 0.05) is 12.7 Å². The Balaban J connectivity index is 1.55. The molecule has 5 nitrogen and oxygen atoms in total. The van der Waals surface area contributed by atoms with Crippen LogP contribution in [0.25, 0.3) is 0 Å². The zero-order chi connectivity index (χ0) is 18.1. The van der Waals surface area contributed by atoms with Crippen LogP contribution in [-0.2, 0) is 0 Å². The first kappa shape index (κ1) is 15.9. The van der Waals surface area contributed by atoms with E-state index in [-0.39, 0.29) is 11.8 Å². The van der Waals surface area contributed by atoms with Crippen molar-refractivity contribution in [2.45, 2.75) is 0 Å². The fourth-order valence-corrected chi connectivity index (χ4v) is 2.91. The first-order chi connectivity index (χ1) is 12.7. The van der Waals surface area contributed by atoms with Gasteiger partial charge in [-0.1, -0.05) is 12.1 Å². The van der Waals surface area contributed by atoms with Crippen molar-refractivity contribution in [2.24, 2.45) is 0 Å². The highest BCUT2D eigenvalue weighted by Gasteiger charge is 2.36. The number of nitrogens with zero attached hydrogens (tertiary/aromatic N) is 1. The molecule has 0 saturated carbocycles. The molecule has 0 bridgehead atoms. The maximum absolute atomic E-state index is 12.5. The number of amides is 2. The summed E-state index contributed by atoms with van der Waals surface area (Å²) in [5.41, 5.74) is 2.39. The van der Waals surface area contributed by atoms with Crippen LogP contribution in [0.5, 0.6) is 11.5 Å². The molecule has 0 atom stereocenters. The monoisotopic (exact) mass is 344 g/mol. The van der Waals surface area contributed by atoms with Crippen molar-refractivity contribution in [3.63, 3.8) is 0 Å². The van der Waals surface area contributed by atoms with Crippen LogP contribution in [0.15, 0.2) is 72.8 Å². The van der Waals surface area contributed by atoms with Gasteiger partial charge in [0.1, 0.15) is 11.5 Å². The fourth-order valence-electron chi connectivity index (χ4n) is 2.91. The molecule has 2 amide bonds. The van der Waals surface area contributed by atoms with Crippen molar-refractivity contribution in [1.29, 1.82) is 0 Å². The number of hydrogen-bond acceptors (Lipinski definition) is 4. The number of anilines is 2. The number of benzene rings is 3. The average Bonchev–Trinajstić information content (AvgIpc) is 2.94. The Kier molecular flexibility index (Phi) is 3.89. The van der Waals surface area contributed by atoms with Gasteiger partial charge in [0.05, 0.1) is 16.8 Å². The predicted octanol–water partition coefficient (Wildman–Crippen LogP) is 4.32. The topological polar surface area (TPSA) is 58.6 Å². The molecule has 128 valence electrons. The summed E-state index contributed by atoms with van der Waals surface area (Å²) in [6.07, 6.45) is 0. The van der Waals surface area contributed by atoms with Crippen LogP contribution in [0.4, 0.5) is 11.4 Å². The van der Waals surface area contributed by atoms with Crippen LogP contribution in [0, 0.1) is 0 Å². The van der Waals surface area contributed by atoms with E-state index in [2.05, 4.69) is 5.32 Å². The molecule has 26 heavy (non-hydrogen) atoms. The summed E-state index contributed by atoms with van der Waals surface area (Å²) in [7, 11) is 1.85. The Labute approximate surface area is 150 Å².